The Labute approximate surface area is 225 Å². The van der Waals surface area contributed by atoms with E-state index in [0.29, 0.717) is 11.7 Å². The van der Waals surface area contributed by atoms with Crippen molar-refractivity contribution >= 4 is 11.5 Å². The van der Waals surface area contributed by atoms with Crippen molar-refractivity contribution in [2.75, 3.05) is 51.2 Å². The number of aryl methyl sites for hydroxylation is 3. The van der Waals surface area contributed by atoms with E-state index in [1.165, 1.54) is 28.8 Å². The lowest BCUT2D eigenvalue weighted by Crippen LogP contribution is -2.43. The summed E-state index contributed by atoms with van der Waals surface area (Å²) in [5.74, 6) is 2.07. The number of benzene rings is 1. The molecular formula is C30H38N8. The average molecular weight is 511 g/mol. The molecule has 2 saturated heterocycles. The third kappa shape index (κ3) is 5.15. The van der Waals surface area contributed by atoms with Crippen LogP contribution in [0.3, 0.4) is 0 Å². The molecule has 3 aromatic heterocycles. The summed E-state index contributed by atoms with van der Waals surface area (Å²) in [5, 5.41) is 4.54. The van der Waals surface area contributed by atoms with Crippen molar-refractivity contribution in [2.24, 2.45) is 5.92 Å². The van der Waals surface area contributed by atoms with Gasteiger partial charge in [-0.25, -0.2) is 9.50 Å². The molecule has 38 heavy (non-hydrogen) atoms. The zero-order valence-corrected chi connectivity index (χ0v) is 23.1. The number of rotatable bonds is 6. The van der Waals surface area contributed by atoms with Gasteiger partial charge in [0.15, 0.2) is 0 Å². The summed E-state index contributed by atoms with van der Waals surface area (Å²) in [7, 11) is 2.20. The minimum absolute atomic E-state index is 0.602. The highest BCUT2D eigenvalue weighted by Crippen LogP contribution is 2.29. The second kappa shape index (κ2) is 10.4. The van der Waals surface area contributed by atoms with E-state index in [1.54, 1.807) is 0 Å². The molecule has 6 rings (SSSR count). The van der Waals surface area contributed by atoms with Crippen molar-refractivity contribution < 1.29 is 0 Å². The number of aromatic nitrogens is 5. The molecule has 2 fully saturated rings. The number of pyridine rings is 1. The van der Waals surface area contributed by atoms with Gasteiger partial charge in [-0.3, -0.25) is 9.88 Å². The van der Waals surface area contributed by atoms with Crippen molar-refractivity contribution in [3.05, 3.63) is 70.9 Å². The highest BCUT2D eigenvalue weighted by molar-refractivity contribution is 5.63. The number of hydrogen-bond acceptors (Lipinski definition) is 7. The van der Waals surface area contributed by atoms with Crippen LogP contribution in [-0.4, -0.2) is 80.7 Å². The molecule has 4 aromatic rings. The maximum absolute atomic E-state index is 4.79. The Morgan fingerprint density at radius 2 is 1.68 bits per heavy atom. The first-order chi connectivity index (χ1) is 18.4. The van der Waals surface area contributed by atoms with Crippen molar-refractivity contribution in [1.29, 1.82) is 0 Å². The highest BCUT2D eigenvalue weighted by atomic mass is 15.3. The van der Waals surface area contributed by atoms with Gasteiger partial charge in [-0.05, 0) is 75.9 Å². The van der Waals surface area contributed by atoms with Crippen LogP contribution >= 0.6 is 0 Å². The molecule has 0 unspecified atom stereocenters. The average Bonchev–Trinajstić information content (AvgIpc) is 3.55. The van der Waals surface area contributed by atoms with Gasteiger partial charge >= 0.3 is 0 Å². The van der Waals surface area contributed by atoms with Gasteiger partial charge in [0.05, 0.1) is 5.69 Å². The summed E-state index contributed by atoms with van der Waals surface area (Å²) in [6.07, 6.45) is 4.26. The number of fused-ring (bicyclic) bond motifs is 1. The first kappa shape index (κ1) is 24.9. The minimum Gasteiger partial charge on any atom is -0.371 e. The summed E-state index contributed by atoms with van der Waals surface area (Å²) in [4.78, 5) is 21.4. The number of nitrogens with zero attached hydrogens (tertiary/aromatic N) is 8. The van der Waals surface area contributed by atoms with E-state index in [-0.39, 0.29) is 0 Å². The van der Waals surface area contributed by atoms with Crippen LogP contribution in [0.1, 0.15) is 34.8 Å². The molecule has 0 amide bonds. The molecule has 0 radical (unpaired) electrons. The van der Waals surface area contributed by atoms with Gasteiger partial charge in [-0.15, -0.1) is 0 Å². The lowest BCUT2D eigenvalue weighted by atomic mass is 9.96. The Bertz CT molecular complexity index is 1400. The molecule has 2 aliphatic heterocycles. The highest BCUT2D eigenvalue weighted by Gasteiger charge is 2.25. The van der Waals surface area contributed by atoms with Crippen LogP contribution in [0, 0.1) is 26.7 Å². The van der Waals surface area contributed by atoms with E-state index in [0.717, 1.165) is 75.1 Å². The molecule has 2 aliphatic rings. The first-order valence-corrected chi connectivity index (χ1v) is 13.8. The summed E-state index contributed by atoms with van der Waals surface area (Å²) < 4.78 is 1.90. The maximum atomic E-state index is 4.79. The van der Waals surface area contributed by atoms with Crippen molar-refractivity contribution in [3.63, 3.8) is 0 Å². The van der Waals surface area contributed by atoms with Crippen LogP contribution in [0.4, 0.5) is 5.69 Å². The normalized spacial score (nSPS) is 19.1. The fourth-order valence-electron chi connectivity index (χ4n) is 5.92. The van der Waals surface area contributed by atoms with Gasteiger partial charge in [0, 0.05) is 74.6 Å². The fourth-order valence-corrected chi connectivity index (χ4v) is 5.92. The summed E-state index contributed by atoms with van der Waals surface area (Å²) in [6.45, 7) is 13.8. The second-order valence-electron chi connectivity index (χ2n) is 11.1. The van der Waals surface area contributed by atoms with Crippen LogP contribution in [-0.2, 0) is 13.0 Å². The topological polar surface area (TPSA) is 65.7 Å². The predicted molar refractivity (Wildman–Crippen MR) is 151 cm³/mol. The summed E-state index contributed by atoms with van der Waals surface area (Å²) >= 11 is 0. The first-order valence-electron chi connectivity index (χ1n) is 13.8. The molecule has 198 valence electrons. The third-order valence-electron chi connectivity index (χ3n) is 8.29. The van der Waals surface area contributed by atoms with Crippen LogP contribution < -0.4 is 4.90 Å². The molecule has 1 atom stereocenters. The van der Waals surface area contributed by atoms with Gasteiger partial charge in [0.25, 0.3) is 5.78 Å². The lowest BCUT2D eigenvalue weighted by Gasteiger charge is -2.32. The molecule has 8 heteroatoms. The number of anilines is 1. The molecule has 1 aromatic carbocycles. The smallest absolute Gasteiger partial charge is 0.252 e. The predicted octanol–water partition coefficient (Wildman–Crippen LogP) is 3.93. The van der Waals surface area contributed by atoms with E-state index in [1.807, 2.05) is 17.6 Å². The van der Waals surface area contributed by atoms with Gasteiger partial charge in [0.2, 0.25) is 0 Å². The van der Waals surface area contributed by atoms with Crippen LogP contribution in [0.5, 0.6) is 0 Å². The van der Waals surface area contributed by atoms with E-state index in [2.05, 4.69) is 82.1 Å². The number of likely N-dealkylation sites (N-methyl/N-ethyl adjacent to an activating group) is 1. The van der Waals surface area contributed by atoms with Crippen LogP contribution in [0.25, 0.3) is 17.0 Å². The third-order valence-corrected chi connectivity index (χ3v) is 8.29. The number of piperazine rings is 1. The van der Waals surface area contributed by atoms with Gasteiger partial charge in [0.1, 0.15) is 5.82 Å². The molecule has 0 saturated carbocycles. The summed E-state index contributed by atoms with van der Waals surface area (Å²) in [6, 6.07) is 13.3. The SMILES string of the molecule is Cc1nc2nc(C)c(C[C@@H]3CCN(c4ccc(-c5ccc(CN6CCN(C)CC6)cn5)cc4)C3)c(C)n2n1. The van der Waals surface area contributed by atoms with E-state index in [9.17, 15) is 0 Å². The molecule has 8 nitrogen and oxygen atoms in total. The standard InChI is InChI=1S/C30H38N8/c1-21-28(22(2)38-30(32-21)33-23(3)34-38)17-24-11-12-37(20-24)27-8-6-26(7-9-27)29-10-5-25(18-31-29)19-36-15-13-35(4)14-16-36/h5-10,18,24H,11-17,19-20H2,1-4H3/t24-/m0/s1. The lowest BCUT2D eigenvalue weighted by molar-refractivity contribution is 0.148. The maximum Gasteiger partial charge on any atom is 0.252 e. The Morgan fingerprint density at radius 3 is 2.42 bits per heavy atom. The zero-order valence-electron chi connectivity index (χ0n) is 23.1. The van der Waals surface area contributed by atoms with Gasteiger partial charge in [-0.1, -0.05) is 18.2 Å². The van der Waals surface area contributed by atoms with E-state index < -0.39 is 0 Å². The second-order valence-corrected chi connectivity index (χ2v) is 11.1. The van der Waals surface area contributed by atoms with E-state index in [4.69, 9.17) is 9.97 Å². The van der Waals surface area contributed by atoms with Crippen molar-refractivity contribution in [1.82, 2.24) is 34.4 Å². The monoisotopic (exact) mass is 510 g/mol. The minimum atomic E-state index is 0.602. The molecule has 0 spiro atoms. The van der Waals surface area contributed by atoms with Crippen molar-refractivity contribution in [3.8, 4) is 11.3 Å². The van der Waals surface area contributed by atoms with Crippen LogP contribution in [0.2, 0.25) is 0 Å². The molecule has 5 heterocycles. The van der Waals surface area contributed by atoms with Crippen molar-refractivity contribution in [2.45, 2.75) is 40.2 Å². The number of hydrogen-bond donors (Lipinski definition) is 0. The Morgan fingerprint density at radius 1 is 0.895 bits per heavy atom. The Kier molecular flexibility index (Phi) is 6.84. The molecule has 0 aliphatic carbocycles. The zero-order chi connectivity index (χ0) is 26.2. The largest absolute Gasteiger partial charge is 0.371 e. The fraction of sp³-hybridized carbons (Fsp3) is 0.467. The molecule has 0 N–H and O–H groups in total. The molecule has 0 bridgehead atoms. The Balaban J connectivity index is 1.08. The van der Waals surface area contributed by atoms with E-state index >= 15 is 0 Å². The van der Waals surface area contributed by atoms with Gasteiger partial charge < -0.3 is 9.80 Å². The quantitative estimate of drug-likeness (QED) is 0.389. The van der Waals surface area contributed by atoms with Gasteiger partial charge in [-0.2, -0.15) is 10.1 Å². The molecular weight excluding hydrogens is 472 g/mol. The van der Waals surface area contributed by atoms with Crippen LogP contribution in [0.15, 0.2) is 42.6 Å². The summed E-state index contributed by atoms with van der Waals surface area (Å²) in [5.41, 5.74) is 8.34. The Hall–Kier alpha value is -3.36.